The van der Waals surface area contributed by atoms with Crippen molar-refractivity contribution in [3.8, 4) is 0 Å². The smallest absolute Gasteiger partial charge is 0.0132 e. The Balaban J connectivity index is 0.867. The summed E-state index contributed by atoms with van der Waals surface area (Å²) in [5, 5.41) is 0. The van der Waals surface area contributed by atoms with Crippen LogP contribution in [-0.4, -0.2) is 23.0 Å². The molecule has 0 N–H and O–H groups in total. The quantitative estimate of drug-likeness (QED) is 0.266. The first kappa shape index (κ1) is 41.9. The first-order valence-corrected chi connectivity index (χ1v) is 31.0. The first-order chi connectivity index (χ1) is 31.3. The third-order valence-corrected chi connectivity index (χ3v) is 26.8. The highest BCUT2D eigenvalue weighted by Crippen LogP contribution is 2.77. The number of nitrogens with zero attached hydrogens (tertiary/aromatic N) is 1. The molecular formula is C62H99N. The van der Waals surface area contributed by atoms with Crippen LogP contribution in [0.3, 0.4) is 0 Å². The maximum atomic E-state index is 3.53. The summed E-state index contributed by atoms with van der Waals surface area (Å²) in [6, 6.07) is 2.83. The zero-order valence-corrected chi connectivity index (χ0v) is 41.0. The average Bonchev–Trinajstić information content (AvgIpc) is 3.86. The van der Waals surface area contributed by atoms with Gasteiger partial charge >= 0.3 is 0 Å². The highest BCUT2D eigenvalue weighted by molar-refractivity contribution is 5.20. The number of hydrogen-bond acceptors (Lipinski definition) is 1. The third-order valence-electron chi connectivity index (χ3n) is 26.8. The molecule has 24 atom stereocenters. The Hall–Kier alpha value is -0.0400. The maximum absolute atomic E-state index is 3.53. The van der Waals surface area contributed by atoms with Gasteiger partial charge in [0.25, 0.3) is 0 Å². The van der Waals surface area contributed by atoms with Gasteiger partial charge in [-0.05, 0) is 239 Å². The van der Waals surface area contributed by atoms with E-state index in [-0.39, 0.29) is 0 Å². The Morgan fingerprint density at radius 3 is 1.17 bits per heavy atom. The van der Waals surface area contributed by atoms with Crippen LogP contribution in [0.4, 0.5) is 0 Å². The highest BCUT2D eigenvalue weighted by Gasteiger charge is 2.71. The van der Waals surface area contributed by atoms with E-state index in [0.29, 0.717) is 0 Å². The van der Waals surface area contributed by atoms with E-state index < -0.39 is 0 Å². The molecule has 14 aliphatic rings. The van der Waals surface area contributed by atoms with Crippen LogP contribution in [0.25, 0.3) is 0 Å². The van der Waals surface area contributed by atoms with Crippen LogP contribution in [0, 0.1) is 130 Å². The van der Waals surface area contributed by atoms with E-state index in [1.54, 1.807) is 231 Å². The van der Waals surface area contributed by atoms with Gasteiger partial charge in [0.05, 0.1) is 0 Å². The Morgan fingerprint density at radius 2 is 0.603 bits per heavy atom. The van der Waals surface area contributed by atoms with E-state index in [1.807, 2.05) is 0 Å². The molecule has 0 aromatic heterocycles. The van der Waals surface area contributed by atoms with Gasteiger partial charge in [-0.25, -0.2) is 0 Å². The molecule has 0 bridgehead atoms. The molecule has 14 aliphatic carbocycles. The van der Waals surface area contributed by atoms with E-state index in [1.165, 1.54) is 6.42 Å². The highest BCUT2D eigenvalue weighted by atomic mass is 15.2. The van der Waals surface area contributed by atoms with Gasteiger partial charge in [0.1, 0.15) is 0 Å². The van der Waals surface area contributed by atoms with Gasteiger partial charge in [-0.15, -0.1) is 0 Å². The molecule has 352 valence electrons. The Bertz CT molecular complexity index is 1510. The van der Waals surface area contributed by atoms with Crippen molar-refractivity contribution in [2.24, 2.45) is 130 Å². The minimum Gasteiger partial charge on any atom is -0.294 e. The minimum atomic E-state index is 0.938. The van der Waals surface area contributed by atoms with Crippen molar-refractivity contribution >= 4 is 0 Å². The van der Waals surface area contributed by atoms with Gasteiger partial charge in [-0.1, -0.05) is 128 Å². The second kappa shape index (κ2) is 17.4. The number of fused-ring (bicyclic) bond motifs is 9. The molecular weight excluding hydrogens is 759 g/mol. The summed E-state index contributed by atoms with van der Waals surface area (Å²) in [5.41, 5.74) is 0. The Labute approximate surface area is 389 Å². The lowest BCUT2D eigenvalue weighted by Gasteiger charge is -2.59. The molecule has 0 spiro atoms. The SMILES string of the molecule is C1CCC(N(C2CCC3CCCCC3C2)C2CCC3C4C(CCCC42)C2C(C4CCC5CCCCC5C4)C4C5CCCC6CCCC(C65)C4C(C4CCC5CCCCC5C4)C32)CC1. The summed E-state index contributed by atoms with van der Waals surface area (Å²) in [7, 11) is 0. The fraction of sp³-hybridized carbons (Fsp3) is 1.00. The zero-order valence-electron chi connectivity index (χ0n) is 41.0. The van der Waals surface area contributed by atoms with Crippen molar-refractivity contribution < 1.29 is 0 Å². The van der Waals surface area contributed by atoms with Crippen molar-refractivity contribution in [1.29, 1.82) is 0 Å². The van der Waals surface area contributed by atoms with Crippen molar-refractivity contribution in [2.45, 2.75) is 256 Å². The molecule has 0 heterocycles. The standard InChI is InChI=1S/C62H99N/c1-2-21-47(22-3-1)63(48-32-31-40-15-6-9-18-44(40)37-48)54-34-33-53-58-49(54)23-12-26-52(58)61-56(45-29-27-38-13-4-7-16-42(38)35-45)59-50-24-10-19-41-20-11-25-51(55(41)50)60(59)57(62(53)61)46-30-28-39-14-5-8-17-43(39)36-46/h38-62H,1-37H2. The summed E-state index contributed by atoms with van der Waals surface area (Å²) < 4.78 is 0. The van der Waals surface area contributed by atoms with Crippen LogP contribution in [0.2, 0.25) is 0 Å². The van der Waals surface area contributed by atoms with Crippen LogP contribution in [0.15, 0.2) is 0 Å². The summed E-state index contributed by atoms with van der Waals surface area (Å²) in [6.07, 6.45) is 59.7. The zero-order chi connectivity index (χ0) is 41.2. The molecule has 24 unspecified atom stereocenters. The molecule has 63 heavy (non-hydrogen) atoms. The first-order valence-electron chi connectivity index (χ1n) is 31.0. The van der Waals surface area contributed by atoms with E-state index in [9.17, 15) is 0 Å². The monoisotopic (exact) mass is 858 g/mol. The van der Waals surface area contributed by atoms with Crippen LogP contribution in [0.1, 0.15) is 238 Å². The van der Waals surface area contributed by atoms with Crippen LogP contribution < -0.4 is 0 Å². The molecule has 1 nitrogen and oxygen atoms in total. The summed E-state index contributed by atoms with van der Waals surface area (Å²) in [5.74, 6) is 24.8. The van der Waals surface area contributed by atoms with E-state index in [0.717, 1.165) is 148 Å². The molecule has 0 aliphatic heterocycles. The molecule has 0 aromatic rings. The minimum absolute atomic E-state index is 0.938. The lowest BCUT2D eigenvalue weighted by molar-refractivity contribution is -0.115. The van der Waals surface area contributed by atoms with Gasteiger partial charge < -0.3 is 0 Å². The molecule has 0 saturated heterocycles. The largest absolute Gasteiger partial charge is 0.294 e. The van der Waals surface area contributed by atoms with E-state index in [2.05, 4.69) is 4.90 Å². The second-order valence-corrected chi connectivity index (χ2v) is 28.4. The molecule has 0 radical (unpaired) electrons. The Kier molecular flexibility index (Phi) is 11.6. The summed E-state index contributed by atoms with van der Waals surface area (Å²) >= 11 is 0. The summed E-state index contributed by atoms with van der Waals surface area (Å²) in [4.78, 5) is 3.53. The lowest BCUT2D eigenvalue weighted by Crippen LogP contribution is -2.58. The van der Waals surface area contributed by atoms with Gasteiger partial charge in [0, 0.05) is 18.1 Å². The number of rotatable bonds is 5. The van der Waals surface area contributed by atoms with E-state index >= 15 is 0 Å². The van der Waals surface area contributed by atoms with E-state index in [4.69, 9.17) is 0 Å². The molecule has 14 rings (SSSR count). The van der Waals surface area contributed by atoms with Crippen LogP contribution >= 0.6 is 0 Å². The fourth-order valence-electron chi connectivity index (χ4n) is 25.4. The molecule has 0 amide bonds. The third kappa shape index (κ3) is 6.96. The topological polar surface area (TPSA) is 3.24 Å². The van der Waals surface area contributed by atoms with Crippen LogP contribution in [0.5, 0.6) is 0 Å². The average molecular weight is 858 g/mol. The second-order valence-electron chi connectivity index (χ2n) is 28.4. The van der Waals surface area contributed by atoms with Crippen molar-refractivity contribution in [3.05, 3.63) is 0 Å². The molecule has 14 fully saturated rings. The summed E-state index contributed by atoms with van der Waals surface area (Å²) in [6.45, 7) is 0. The van der Waals surface area contributed by atoms with Gasteiger partial charge in [-0.3, -0.25) is 4.90 Å². The predicted molar refractivity (Wildman–Crippen MR) is 261 cm³/mol. The maximum Gasteiger partial charge on any atom is 0.0132 e. The molecule has 0 aromatic carbocycles. The van der Waals surface area contributed by atoms with Crippen molar-refractivity contribution in [1.82, 2.24) is 4.90 Å². The van der Waals surface area contributed by atoms with Crippen LogP contribution in [-0.2, 0) is 0 Å². The Morgan fingerprint density at radius 1 is 0.190 bits per heavy atom. The predicted octanol–water partition coefficient (Wildman–Crippen LogP) is 16.6. The molecule has 1 heteroatoms. The lowest BCUT2D eigenvalue weighted by atomic mass is 9.46. The fourth-order valence-corrected chi connectivity index (χ4v) is 25.4. The van der Waals surface area contributed by atoms with Gasteiger partial charge in [0.15, 0.2) is 0 Å². The van der Waals surface area contributed by atoms with Gasteiger partial charge in [-0.2, -0.15) is 0 Å². The number of hydrogen-bond donors (Lipinski definition) is 0. The molecule has 14 saturated carbocycles. The normalized spacial score (nSPS) is 56.5. The van der Waals surface area contributed by atoms with Gasteiger partial charge in [0.2, 0.25) is 0 Å². The van der Waals surface area contributed by atoms with Crippen molar-refractivity contribution in [3.63, 3.8) is 0 Å². The van der Waals surface area contributed by atoms with Crippen molar-refractivity contribution in [2.75, 3.05) is 0 Å².